The van der Waals surface area contributed by atoms with Crippen molar-refractivity contribution in [1.29, 1.82) is 0 Å². The highest BCUT2D eigenvalue weighted by molar-refractivity contribution is 5.23. The summed E-state index contributed by atoms with van der Waals surface area (Å²) in [6, 6.07) is 20.0. The standard InChI is InChI=1S/C19H25N/c1-15-9-11-19(12-10-15)17(3)20-14-13-16(2)18-7-5-4-6-8-18/h4-12,16-17,20H,13-14H2,1-3H3/t16?,17-/m0/s1. The Labute approximate surface area is 123 Å². The molecule has 1 nitrogen and oxygen atoms in total. The van der Waals surface area contributed by atoms with Crippen LogP contribution in [0.3, 0.4) is 0 Å². The van der Waals surface area contributed by atoms with Crippen LogP contribution in [0.25, 0.3) is 0 Å². The van der Waals surface area contributed by atoms with E-state index in [0.717, 1.165) is 6.54 Å². The Hall–Kier alpha value is -1.60. The van der Waals surface area contributed by atoms with Gasteiger partial charge >= 0.3 is 0 Å². The Bertz CT molecular complexity index is 501. The van der Waals surface area contributed by atoms with Gasteiger partial charge in [-0.25, -0.2) is 0 Å². The summed E-state index contributed by atoms with van der Waals surface area (Å²) in [5, 5.41) is 3.62. The predicted molar refractivity (Wildman–Crippen MR) is 87.1 cm³/mol. The fraction of sp³-hybridized carbons (Fsp3) is 0.368. The number of benzene rings is 2. The van der Waals surface area contributed by atoms with E-state index in [4.69, 9.17) is 0 Å². The minimum absolute atomic E-state index is 0.415. The average Bonchev–Trinajstić information content (AvgIpc) is 2.48. The molecule has 0 aliphatic carbocycles. The lowest BCUT2D eigenvalue weighted by atomic mass is 9.97. The molecule has 0 spiro atoms. The van der Waals surface area contributed by atoms with Gasteiger partial charge < -0.3 is 5.32 Å². The lowest BCUT2D eigenvalue weighted by molar-refractivity contribution is 0.531. The lowest BCUT2D eigenvalue weighted by Gasteiger charge is -2.17. The number of rotatable bonds is 6. The Morgan fingerprint density at radius 1 is 0.850 bits per heavy atom. The van der Waals surface area contributed by atoms with Gasteiger partial charge in [0, 0.05) is 6.04 Å². The van der Waals surface area contributed by atoms with Gasteiger partial charge in [0.1, 0.15) is 0 Å². The molecule has 0 amide bonds. The van der Waals surface area contributed by atoms with Gasteiger partial charge in [0.25, 0.3) is 0 Å². The first-order valence-corrected chi connectivity index (χ1v) is 7.51. The second kappa shape index (κ2) is 7.25. The third kappa shape index (κ3) is 4.21. The van der Waals surface area contributed by atoms with Gasteiger partial charge in [0.15, 0.2) is 0 Å². The minimum atomic E-state index is 0.415. The van der Waals surface area contributed by atoms with E-state index in [2.05, 4.69) is 80.7 Å². The number of hydrogen-bond acceptors (Lipinski definition) is 1. The maximum absolute atomic E-state index is 3.62. The largest absolute Gasteiger partial charge is 0.310 e. The molecule has 0 aliphatic heterocycles. The number of hydrogen-bond donors (Lipinski definition) is 1. The van der Waals surface area contributed by atoms with Crippen molar-refractivity contribution in [2.45, 2.75) is 39.2 Å². The molecule has 0 aromatic heterocycles. The maximum atomic E-state index is 3.62. The van der Waals surface area contributed by atoms with Crippen LogP contribution >= 0.6 is 0 Å². The molecule has 1 N–H and O–H groups in total. The molecule has 20 heavy (non-hydrogen) atoms. The topological polar surface area (TPSA) is 12.0 Å². The van der Waals surface area contributed by atoms with Crippen LogP contribution in [0.1, 0.15) is 48.9 Å². The first-order chi connectivity index (χ1) is 9.66. The second-order valence-corrected chi connectivity index (χ2v) is 5.69. The maximum Gasteiger partial charge on any atom is 0.0291 e. The predicted octanol–water partition coefficient (Wildman–Crippen LogP) is 4.84. The summed E-state index contributed by atoms with van der Waals surface area (Å²) in [6.45, 7) is 7.71. The number of nitrogens with one attached hydrogen (secondary N) is 1. The minimum Gasteiger partial charge on any atom is -0.310 e. The van der Waals surface area contributed by atoms with Crippen LogP contribution in [0.15, 0.2) is 54.6 Å². The van der Waals surface area contributed by atoms with E-state index in [1.807, 2.05) is 0 Å². The molecule has 0 saturated carbocycles. The van der Waals surface area contributed by atoms with Gasteiger partial charge in [-0.1, -0.05) is 67.1 Å². The fourth-order valence-electron chi connectivity index (χ4n) is 2.44. The summed E-state index contributed by atoms with van der Waals surface area (Å²) in [7, 11) is 0. The highest BCUT2D eigenvalue weighted by Crippen LogP contribution is 2.19. The molecule has 2 aromatic rings. The van der Waals surface area contributed by atoms with E-state index in [-0.39, 0.29) is 0 Å². The van der Waals surface area contributed by atoms with Gasteiger partial charge in [-0.15, -0.1) is 0 Å². The van der Waals surface area contributed by atoms with Gasteiger partial charge in [0.05, 0.1) is 0 Å². The molecule has 2 atom stereocenters. The highest BCUT2D eigenvalue weighted by atomic mass is 14.9. The summed E-state index contributed by atoms with van der Waals surface area (Å²) in [5.41, 5.74) is 4.11. The van der Waals surface area contributed by atoms with Gasteiger partial charge in [-0.2, -0.15) is 0 Å². The van der Waals surface area contributed by atoms with Crippen molar-refractivity contribution in [2.24, 2.45) is 0 Å². The van der Waals surface area contributed by atoms with Crippen LogP contribution in [0.4, 0.5) is 0 Å². The molecule has 0 fully saturated rings. The average molecular weight is 267 g/mol. The first kappa shape index (κ1) is 14.8. The smallest absolute Gasteiger partial charge is 0.0291 e. The summed E-state index contributed by atoms with van der Waals surface area (Å²) in [6.07, 6.45) is 1.17. The summed E-state index contributed by atoms with van der Waals surface area (Å²) < 4.78 is 0. The van der Waals surface area contributed by atoms with Gasteiger partial charge in [-0.3, -0.25) is 0 Å². The van der Waals surface area contributed by atoms with Crippen molar-refractivity contribution in [3.8, 4) is 0 Å². The van der Waals surface area contributed by atoms with E-state index in [1.165, 1.54) is 23.1 Å². The molecule has 0 heterocycles. The Kier molecular flexibility index (Phi) is 5.37. The molecular weight excluding hydrogens is 242 g/mol. The Morgan fingerprint density at radius 2 is 1.50 bits per heavy atom. The quantitative estimate of drug-likeness (QED) is 0.789. The molecule has 0 bridgehead atoms. The molecule has 1 unspecified atom stereocenters. The van der Waals surface area contributed by atoms with Crippen LogP contribution in [0.2, 0.25) is 0 Å². The van der Waals surface area contributed by atoms with E-state index >= 15 is 0 Å². The molecule has 2 aromatic carbocycles. The summed E-state index contributed by atoms with van der Waals surface area (Å²) >= 11 is 0. The van der Waals surface area contributed by atoms with Crippen LogP contribution in [-0.4, -0.2) is 6.54 Å². The van der Waals surface area contributed by atoms with Crippen molar-refractivity contribution in [2.75, 3.05) is 6.54 Å². The van der Waals surface area contributed by atoms with Crippen LogP contribution in [0, 0.1) is 6.92 Å². The molecule has 2 rings (SSSR count). The van der Waals surface area contributed by atoms with Crippen molar-refractivity contribution in [3.63, 3.8) is 0 Å². The van der Waals surface area contributed by atoms with Gasteiger partial charge in [-0.05, 0) is 43.9 Å². The summed E-state index contributed by atoms with van der Waals surface area (Å²) in [5.74, 6) is 0.605. The third-order valence-corrected chi connectivity index (χ3v) is 3.97. The third-order valence-electron chi connectivity index (χ3n) is 3.97. The summed E-state index contributed by atoms with van der Waals surface area (Å²) in [4.78, 5) is 0. The molecular formula is C19H25N. The van der Waals surface area contributed by atoms with Crippen LogP contribution in [-0.2, 0) is 0 Å². The second-order valence-electron chi connectivity index (χ2n) is 5.69. The van der Waals surface area contributed by atoms with Crippen molar-refractivity contribution < 1.29 is 0 Å². The highest BCUT2D eigenvalue weighted by Gasteiger charge is 2.07. The van der Waals surface area contributed by atoms with E-state index in [9.17, 15) is 0 Å². The zero-order valence-corrected chi connectivity index (χ0v) is 12.8. The lowest BCUT2D eigenvalue weighted by Crippen LogP contribution is -2.21. The van der Waals surface area contributed by atoms with E-state index in [1.54, 1.807) is 0 Å². The van der Waals surface area contributed by atoms with Crippen molar-refractivity contribution >= 4 is 0 Å². The fourth-order valence-corrected chi connectivity index (χ4v) is 2.44. The van der Waals surface area contributed by atoms with Crippen LogP contribution < -0.4 is 5.32 Å². The molecule has 0 saturated heterocycles. The Morgan fingerprint density at radius 3 is 2.15 bits per heavy atom. The van der Waals surface area contributed by atoms with Gasteiger partial charge in [0.2, 0.25) is 0 Å². The Balaban J connectivity index is 1.79. The normalized spacial score (nSPS) is 13.9. The van der Waals surface area contributed by atoms with Crippen molar-refractivity contribution in [3.05, 3.63) is 71.3 Å². The SMILES string of the molecule is Cc1ccc([C@H](C)NCCC(C)c2ccccc2)cc1. The zero-order valence-electron chi connectivity index (χ0n) is 12.8. The monoisotopic (exact) mass is 267 g/mol. The van der Waals surface area contributed by atoms with Crippen LogP contribution in [0.5, 0.6) is 0 Å². The van der Waals surface area contributed by atoms with E-state index < -0.39 is 0 Å². The number of aryl methyl sites for hydroxylation is 1. The van der Waals surface area contributed by atoms with E-state index in [0.29, 0.717) is 12.0 Å². The first-order valence-electron chi connectivity index (χ1n) is 7.51. The zero-order chi connectivity index (χ0) is 14.4. The molecule has 106 valence electrons. The molecule has 1 heteroatoms. The molecule has 0 radical (unpaired) electrons. The molecule has 0 aliphatic rings. The van der Waals surface area contributed by atoms with Crippen molar-refractivity contribution in [1.82, 2.24) is 5.32 Å².